The van der Waals surface area contributed by atoms with E-state index in [-0.39, 0.29) is 18.3 Å². The fourth-order valence-corrected chi connectivity index (χ4v) is 1.45. The fourth-order valence-electron chi connectivity index (χ4n) is 1.33. The van der Waals surface area contributed by atoms with Gasteiger partial charge in [0.25, 0.3) is 0 Å². The van der Waals surface area contributed by atoms with Crippen LogP contribution >= 0.6 is 12.2 Å². The van der Waals surface area contributed by atoms with Gasteiger partial charge in [-0.1, -0.05) is 12.2 Å². The lowest BCUT2D eigenvalue weighted by Gasteiger charge is -2.23. The number of nitrogens with one attached hydrogen (secondary N) is 1. The molecule has 5 nitrogen and oxygen atoms in total. The summed E-state index contributed by atoms with van der Waals surface area (Å²) < 4.78 is 5.27. The summed E-state index contributed by atoms with van der Waals surface area (Å²) in [6.07, 6.45) is 0.946. The minimum atomic E-state index is -0.568. The summed E-state index contributed by atoms with van der Waals surface area (Å²) in [5, 5.41) is 2.49. The molecule has 0 aliphatic rings. The Bertz CT molecular complexity index is 324. The van der Waals surface area contributed by atoms with E-state index in [1.54, 1.807) is 20.8 Å². The van der Waals surface area contributed by atoms with Crippen LogP contribution in [0.3, 0.4) is 0 Å². The highest BCUT2D eigenvalue weighted by atomic mass is 32.1. The fraction of sp³-hybridized carbons (Fsp3) is 0.750. The molecule has 0 aliphatic carbocycles. The molecule has 0 aromatic rings. The summed E-state index contributed by atoms with van der Waals surface area (Å²) in [4.78, 5) is 23.6. The number of carbonyl (C=O) groups is 2. The second-order valence-electron chi connectivity index (χ2n) is 5.11. The number of thiocarbonyl (C=S) groups is 1. The SMILES string of the molecule is CNC(=O)CC(CCC(N)=S)C(=O)OC(C)(C)C. The number of rotatable bonds is 6. The number of esters is 1. The maximum absolute atomic E-state index is 11.9. The van der Waals surface area contributed by atoms with Gasteiger partial charge in [0, 0.05) is 13.5 Å². The first-order valence-corrected chi connectivity index (χ1v) is 6.28. The van der Waals surface area contributed by atoms with Crippen LogP contribution in [0.4, 0.5) is 0 Å². The standard InChI is InChI=1S/C12H22N2O3S/c1-12(2,3)17-11(16)8(5-6-9(13)18)7-10(15)14-4/h8H,5-7H2,1-4H3,(H2,13,18)(H,14,15). The average molecular weight is 274 g/mol. The molecule has 0 bridgehead atoms. The first kappa shape index (κ1) is 16.8. The Morgan fingerprint density at radius 1 is 1.39 bits per heavy atom. The van der Waals surface area contributed by atoms with Crippen LogP contribution in [0.15, 0.2) is 0 Å². The third-order valence-corrected chi connectivity index (χ3v) is 2.39. The molecule has 1 atom stereocenters. The quantitative estimate of drug-likeness (QED) is 0.561. The van der Waals surface area contributed by atoms with Gasteiger partial charge in [0.05, 0.1) is 10.9 Å². The number of hydrogen-bond acceptors (Lipinski definition) is 4. The second-order valence-corrected chi connectivity index (χ2v) is 5.64. The van der Waals surface area contributed by atoms with Crippen molar-refractivity contribution in [3.63, 3.8) is 0 Å². The highest BCUT2D eigenvalue weighted by Crippen LogP contribution is 2.18. The van der Waals surface area contributed by atoms with Crippen LogP contribution in [-0.2, 0) is 14.3 Å². The average Bonchev–Trinajstić information content (AvgIpc) is 2.20. The van der Waals surface area contributed by atoms with E-state index < -0.39 is 11.5 Å². The van der Waals surface area contributed by atoms with E-state index in [0.717, 1.165) is 0 Å². The summed E-state index contributed by atoms with van der Waals surface area (Å²) in [6, 6.07) is 0. The Kier molecular flexibility index (Phi) is 6.83. The van der Waals surface area contributed by atoms with Crippen molar-refractivity contribution in [1.29, 1.82) is 0 Å². The molecule has 1 amide bonds. The van der Waals surface area contributed by atoms with E-state index in [2.05, 4.69) is 5.32 Å². The minimum Gasteiger partial charge on any atom is -0.460 e. The van der Waals surface area contributed by atoms with Gasteiger partial charge >= 0.3 is 5.97 Å². The first-order valence-electron chi connectivity index (χ1n) is 5.87. The van der Waals surface area contributed by atoms with Crippen molar-refractivity contribution in [2.75, 3.05) is 7.05 Å². The molecular formula is C12H22N2O3S. The zero-order chi connectivity index (χ0) is 14.3. The molecule has 1 unspecified atom stereocenters. The van der Waals surface area contributed by atoms with Crippen molar-refractivity contribution in [3.05, 3.63) is 0 Å². The molecule has 18 heavy (non-hydrogen) atoms. The van der Waals surface area contributed by atoms with E-state index >= 15 is 0 Å². The second kappa shape index (κ2) is 7.31. The Morgan fingerprint density at radius 3 is 2.33 bits per heavy atom. The molecule has 6 heteroatoms. The van der Waals surface area contributed by atoms with Crippen LogP contribution in [0.1, 0.15) is 40.0 Å². The lowest BCUT2D eigenvalue weighted by molar-refractivity contribution is -0.161. The number of nitrogens with two attached hydrogens (primary N) is 1. The van der Waals surface area contributed by atoms with Gasteiger partial charge in [-0.05, 0) is 33.6 Å². The smallest absolute Gasteiger partial charge is 0.309 e. The number of carbonyl (C=O) groups excluding carboxylic acids is 2. The van der Waals surface area contributed by atoms with Gasteiger partial charge in [-0.25, -0.2) is 0 Å². The normalized spacial score (nSPS) is 12.7. The monoisotopic (exact) mass is 274 g/mol. The molecule has 0 fully saturated rings. The number of ether oxygens (including phenoxy) is 1. The molecule has 0 saturated heterocycles. The van der Waals surface area contributed by atoms with E-state index in [4.69, 9.17) is 22.7 Å². The third kappa shape index (κ3) is 8.00. The van der Waals surface area contributed by atoms with Crippen molar-refractivity contribution < 1.29 is 14.3 Å². The molecule has 0 aromatic heterocycles. The van der Waals surface area contributed by atoms with Crippen LogP contribution in [-0.4, -0.2) is 29.5 Å². The van der Waals surface area contributed by atoms with Crippen LogP contribution in [0, 0.1) is 5.92 Å². The molecule has 0 rings (SSSR count). The van der Waals surface area contributed by atoms with Gasteiger partial charge in [-0.2, -0.15) is 0 Å². The van der Waals surface area contributed by atoms with Crippen LogP contribution in [0.25, 0.3) is 0 Å². The number of hydrogen-bond donors (Lipinski definition) is 2. The van der Waals surface area contributed by atoms with E-state index in [1.165, 1.54) is 7.05 Å². The summed E-state index contributed by atoms with van der Waals surface area (Å²) in [7, 11) is 1.53. The number of amides is 1. The summed E-state index contributed by atoms with van der Waals surface area (Å²) in [5.41, 5.74) is 4.84. The molecular weight excluding hydrogens is 252 g/mol. The molecule has 3 N–H and O–H groups in total. The maximum atomic E-state index is 11.9. The molecule has 0 aromatic carbocycles. The van der Waals surface area contributed by atoms with Crippen molar-refractivity contribution in [2.24, 2.45) is 11.7 Å². The van der Waals surface area contributed by atoms with Gasteiger partial charge in [-0.15, -0.1) is 0 Å². The van der Waals surface area contributed by atoms with Gasteiger partial charge in [0.2, 0.25) is 5.91 Å². The third-order valence-electron chi connectivity index (χ3n) is 2.19. The van der Waals surface area contributed by atoms with Gasteiger partial charge in [-0.3, -0.25) is 9.59 Å². The van der Waals surface area contributed by atoms with Gasteiger partial charge < -0.3 is 15.8 Å². The largest absolute Gasteiger partial charge is 0.460 e. The summed E-state index contributed by atoms with van der Waals surface area (Å²) >= 11 is 4.78. The topological polar surface area (TPSA) is 81.4 Å². The Hall–Kier alpha value is -1.17. The lowest BCUT2D eigenvalue weighted by atomic mass is 9.98. The van der Waals surface area contributed by atoms with E-state index in [9.17, 15) is 9.59 Å². The zero-order valence-corrected chi connectivity index (χ0v) is 12.2. The highest BCUT2D eigenvalue weighted by molar-refractivity contribution is 7.80. The summed E-state index contributed by atoms with van der Waals surface area (Å²) in [5.74, 6) is -1.10. The maximum Gasteiger partial charge on any atom is 0.309 e. The molecule has 0 heterocycles. The molecule has 0 saturated carbocycles. The lowest BCUT2D eigenvalue weighted by Crippen LogP contribution is -2.32. The predicted molar refractivity (Wildman–Crippen MR) is 74.0 cm³/mol. The van der Waals surface area contributed by atoms with Crippen molar-refractivity contribution in [1.82, 2.24) is 5.32 Å². The Labute approximate surface area is 113 Å². The van der Waals surface area contributed by atoms with Gasteiger partial charge in [0.15, 0.2) is 0 Å². The van der Waals surface area contributed by atoms with Gasteiger partial charge in [0.1, 0.15) is 5.60 Å². The van der Waals surface area contributed by atoms with Crippen molar-refractivity contribution in [2.45, 2.75) is 45.6 Å². The van der Waals surface area contributed by atoms with E-state index in [0.29, 0.717) is 17.8 Å². The highest BCUT2D eigenvalue weighted by Gasteiger charge is 2.26. The van der Waals surface area contributed by atoms with Crippen LogP contribution < -0.4 is 11.1 Å². The van der Waals surface area contributed by atoms with Crippen LogP contribution in [0.5, 0.6) is 0 Å². The molecule has 0 spiro atoms. The Morgan fingerprint density at radius 2 is 1.94 bits per heavy atom. The van der Waals surface area contributed by atoms with E-state index in [1.807, 2.05) is 0 Å². The molecule has 104 valence electrons. The van der Waals surface area contributed by atoms with Crippen LogP contribution in [0.2, 0.25) is 0 Å². The minimum absolute atomic E-state index is 0.0913. The van der Waals surface area contributed by atoms with Crippen molar-refractivity contribution in [3.8, 4) is 0 Å². The van der Waals surface area contributed by atoms with Crippen molar-refractivity contribution >= 4 is 29.1 Å². The Balaban J connectivity index is 4.58. The predicted octanol–water partition coefficient (Wildman–Crippen LogP) is 1.15. The molecule has 0 aliphatic heterocycles. The zero-order valence-electron chi connectivity index (χ0n) is 11.4. The first-order chi connectivity index (χ1) is 8.15. The summed E-state index contributed by atoms with van der Waals surface area (Å²) in [6.45, 7) is 5.36. The molecule has 0 radical (unpaired) electrons.